The van der Waals surface area contributed by atoms with Crippen molar-refractivity contribution in [3.63, 3.8) is 0 Å². The van der Waals surface area contributed by atoms with Crippen LogP contribution in [-0.2, 0) is 9.59 Å². The third kappa shape index (κ3) is 4.30. The predicted octanol–water partition coefficient (Wildman–Crippen LogP) is 3.84. The van der Waals surface area contributed by atoms with Crippen LogP contribution in [0.2, 0.25) is 0 Å². The number of hydrogen-bond donors (Lipinski definition) is 2. The molecule has 2 atom stereocenters. The van der Waals surface area contributed by atoms with E-state index in [1.165, 1.54) is 28.0 Å². The summed E-state index contributed by atoms with van der Waals surface area (Å²) in [6, 6.07) is 4.30. The maximum Gasteiger partial charge on any atom is 0.227 e. The van der Waals surface area contributed by atoms with Crippen LogP contribution in [0.25, 0.3) is 11.3 Å². The molecule has 3 rings (SSSR count). The Balaban J connectivity index is 1.54. The quantitative estimate of drug-likeness (QED) is 0.810. The van der Waals surface area contributed by atoms with Crippen LogP contribution in [-0.4, -0.2) is 23.3 Å². The van der Waals surface area contributed by atoms with Crippen LogP contribution in [0.15, 0.2) is 17.5 Å². The summed E-state index contributed by atoms with van der Waals surface area (Å²) < 4.78 is 0. The highest BCUT2D eigenvalue weighted by Crippen LogP contribution is 2.37. The van der Waals surface area contributed by atoms with E-state index in [1.807, 2.05) is 5.38 Å². The van der Waals surface area contributed by atoms with Gasteiger partial charge >= 0.3 is 0 Å². The lowest BCUT2D eigenvalue weighted by atomic mass is 9.99. The van der Waals surface area contributed by atoms with E-state index < -0.39 is 0 Å². The van der Waals surface area contributed by atoms with Gasteiger partial charge in [-0.3, -0.25) is 9.59 Å². The number of amides is 2. The Morgan fingerprint density at radius 1 is 1.19 bits per heavy atom. The molecule has 0 spiro atoms. The molecule has 2 amide bonds. The first-order valence-electron chi connectivity index (χ1n) is 8.96. The molecule has 0 aliphatic heterocycles. The fourth-order valence-corrected chi connectivity index (χ4v) is 3.72. The van der Waals surface area contributed by atoms with Crippen molar-refractivity contribution >= 4 is 28.3 Å². The molecular formula is C20H25N3O2S. The minimum atomic E-state index is -0.133. The summed E-state index contributed by atoms with van der Waals surface area (Å²) in [4.78, 5) is 28.3. The molecule has 2 N–H and O–H groups in total. The SMILES string of the molecule is Cc1cc(C)c(-c2csc(NC(=O)CCNC(=O)C3CC3C)n2)cc1C. The zero-order valence-electron chi connectivity index (χ0n) is 15.7. The fraction of sp³-hybridized carbons (Fsp3) is 0.450. The molecule has 1 aliphatic carbocycles. The van der Waals surface area contributed by atoms with Gasteiger partial charge in [-0.05, 0) is 55.9 Å². The number of benzene rings is 1. The van der Waals surface area contributed by atoms with Crippen molar-refractivity contribution < 1.29 is 9.59 Å². The summed E-state index contributed by atoms with van der Waals surface area (Å²) in [5, 5.41) is 8.20. The number of hydrogen-bond acceptors (Lipinski definition) is 4. The molecule has 1 heterocycles. The van der Waals surface area contributed by atoms with Crippen LogP contribution < -0.4 is 10.6 Å². The summed E-state index contributed by atoms with van der Waals surface area (Å²) >= 11 is 1.42. The predicted molar refractivity (Wildman–Crippen MR) is 105 cm³/mol. The standard InChI is InChI=1S/C20H25N3O2S/c1-11-7-13(3)15(8-12(11)2)17-10-26-20(22-17)23-18(24)5-6-21-19(25)16-9-14(16)4/h7-8,10,14,16H,5-6,9H2,1-4H3,(H,21,25)(H,22,23,24). The van der Waals surface area contributed by atoms with Crippen LogP contribution in [0.3, 0.4) is 0 Å². The molecule has 26 heavy (non-hydrogen) atoms. The zero-order valence-corrected chi connectivity index (χ0v) is 16.5. The molecule has 5 nitrogen and oxygen atoms in total. The molecule has 138 valence electrons. The van der Waals surface area contributed by atoms with Gasteiger partial charge in [0, 0.05) is 29.8 Å². The smallest absolute Gasteiger partial charge is 0.227 e. The van der Waals surface area contributed by atoms with Gasteiger partial charge in [0.15, 0.2) is 5.13 Å². The van der Waals surface area contributed by atoms with Gasteiger partial charge in [-0.2, -0.15) is 0 Å². The maximum atomic E-state index is 12.1. The van der Waals surface area contributed by atoms with Gasteiger partial charge in [0.25, 0.3) is 0 Å². The van der Waals surface area contributed by atoms with E-state index in [1.54, 1.807) is 0 Å². The molecule has 2 aromatic rings. The second-order valence-corrected chi connectivity index (χ2v) is 8.06. The van der Waals surface area contributed by atoms with Crippen molar-refractivity contribution in [2.45, 2.75) is 40.5 Å². The Morgan fingerprint density at radius 2 is 1.88 bits per heavy atom. The molecule has 1 aromatic carbocycles. The first-order chi connectivity index (χ1) is 12.3. The van der Waals surface area contributed by atoms with Gasteiger partial charge in [0.05, 0.1) is 5.69 Å². The largest absolute Gasteiger partial charge is 0.355 e. The fourth-order valence-electron chi connectivity index (χ4n) is 2.99. The van der Waals surface area contributed by atoms with Crippen molar-refractivity contribution in [1.82, 2.24) is 10.3 Å². The third-order valence-corrected chi connectivity index (χ3v) is 5.72. The van der Waals surface area contributed by atoms with Crippen LogP contribution in [0, 0.1) is 32.6 Å². The van der Waals surface area contributed by atoms with Gasteiger partial charge in [-0.25, -0.2) is 4.98 Å². The number of carbonyl (C=O) groups excluding carboxylic acids is 2. The molecule has 0 saturated heterocycles. The van der Waals surface area contributed by atoms with Gasteiger partial charge in [-0.1, -0.05) is 13.0 Å². The maximum absolute atomic E-state index is 12.1. The first kappa shape index (κ1) is 18.6. The highest BCUT2D eigenvalue weighted by Gasteiger charge is 2.38. The molecule has 0 bridgehead atoms. The summed E-state index contributed by atoms with van der Waals surface area (Å²) in [6.07, 6.45) is 1.21. The Kier molecular flexibility index (Phi) is 5.41. The Labute approximate surface area is 158 Å². The highest BCUT2D eigenvalue weighted by atomic mass is 32.1. The number of thiazole rings is 1. The number of aryl methyl sites for hydroxylation is 3. The molecule has 1 aliphatic rings. The summed E-state index contributed by atoms with van der Waals surface area (Å²) in [6.45, 7) is 8.69. The minimum Gasteiger partial charge on any atom is -0.355 e. The molecule has 0 radical (unpaired) electrons. The summed E-state index contributed by atoms with van der Waals surface area (Å²) in [7, 11) is 0. The van der Waals surface area contributed by atoms with E-state index in [0.29, 0.717) is 17.6 Å². The van der Waals surface area contributed by atoms with Crippen molar-refractivity contribution in [3.05, 3.63) is 34.2 Å². The Bertz CT molecular complexity index is 844. The molecular weight excluding hydrogens is 346 g/mol. The van der Waals surface area contributed by atoms with E-state index in [4.69, 9.17) is 0 Å². The van der Waals surface area contributed by atoms with E-state index >= 15 is 0 Å². The topological polar surface area (TPSA) is 71.1 Å². The van der Waals surface area contributed by atoms with E-state index in [9.17, 15) is 9.59 Å². The van der Waals surface area contributed by atoms with Crippen molar-refractivity contribution in [2.75, 3.05) is 11.9 Å². The van der Waals surface area contributed by atoms with E-state index in [0.717, 1.165) is 17.7 Å². The van der Waals surface area contributed by atoms with Crippen LogP contribution in [0.5, 0.6) is 0 Å². The summed E-state index contributed by atoms with van der Waals surface area (Å²) in [5.41, 5.74) is 5.63. The number of aromatic nitrogens is 1. The van der Waals surface area contributed by atoms with Gasteiger partial charge < -0.3 is 10.6 Å². The number of carbonyl (C=O) groups is 2. The van der Waals surface area contributed by atoms with Crippen LogP contribution >= 0.6 is 11.3 Å². The Morgan fingerprint density at radius 3 is 2.58 bits per heavy atom. The van der Waals surface area contributed by atoms with E-state index in [2.05, 4.69) is 55.4 Å². The highest BCUT2D eigenvalue weighted by molar-refractivity contribution is 7.14. The Hall–Kier alpha value is -2.21. The summed E-state index contributed by atoms with van der Waals surface area (Å²) in [5.74, 6) is 0.547. The number of rotatable bonds is 6. The van der Waals surface area contributed by atoms with E-state index in [-0.39, 0.29) is 24.2 Å². The average molecular weight is 372 g/mol. The van der Waals surface area contributed by atoms with Gasteiger partial charge in [-0.15, -0.1) is 11.3 Å². The molecule has 1 fully saturated rings. The normalized spacial score (nSPS) is 18.5. The monoisotopic (exact) mass is 371 g/mol. The van der Waals surface area contributed by atoms with Gasteiger partial charge in [0.1, 0.15) is 0 Å². The molecule has 6 heteroatoms. The van der Waals surface area contributed by atoms with Crippen LogP contribution in [0.1, 0.15) is 36.5 Å². The molecule has 1 saturated carbocycles. The molecule has 1 aromatic heterocycles. The number of anilines is 1. The lowest BCUT2D eigenvalue weighted by Crippen LogP contribution is -2.29. The van der Waals surface area contributed by atoms with Crippen molar-refractivity contribution in [3.8, 4) is 11.3 Å². The second kappa shape index (κ2) is 7.58. The van der Waals surface area contributed by atoms with Gasteiger partial charge in [0.2, 0.25) is 11.8 Å². The van der Waals surface area contributed by atoms with Crippen LogP contribution in [0.4, 0.5) is 5.13 Å². The second-order valence-electron chi connectivity index (χ2n) is 7.20. The number of nitrogens with zero attached hydrogens (tertiary/aromatic N) is 1. The third-order valence-electron chi connectivity index (χ3n) is 4.96. The lowest BCUT2D eigenvalue weighted by molar-refractivity contribution is -0.122. The van der Waals surface area contributed by atoms with Crippen molar-refractivity contribution in [1.29, 1.82) is 0 Å². The average Bonchev–Trinajstić information content (AvgIpc) is 3.14. The zero-order chi connectivity index (χ0) is 18.8. The first-order valence-corrected chi connectivity index (χ1v) is 9.84. The lowest BCUT2D eigenvalue weighted by Gasteiger charge is -2.07. The number of nitrogens with one attached hydrogen (secondary N) is 2. The van der Waals surface area contributed by atoms with Crippen molar-refractivity contribution in [2.24, 2.45) is 11.8 Å². The molecule has 2 unspecified atom stereocenters. The minimum absolute atomic E-state index is 0.0621.